The van der Waals surface area contributed by atoms with E-state index in [1.165, 1.54) is 6.92 Å². The molecule has 2 aromatic rings. The van der Waals surface area contributed by atoms with Crippen LogP contribution < -0.4 is 10.2 Å². The van der Waals surface area contributed by atoms with Gasteiger partial charge in [0.05, 0.1) is 0 Å². The van der Waals surface area contributed by atoms with Gasteiger partial charge < -0.3 is 10.2 Å². The second-order valence-corrected chi connectivity index (χ2v) is 5.69. The molecule has 0 aliphatic carbocycles. The lowest BCUT2D eigenvalue weighted by Gasteiger charge is -2.15. The van der Waals surface area contributed by atoms with Gasteiger partial charge in [0.25, 0.3) is 5.91 Å². The molecule has 0 aliphatic rings. The largest absolute Gasteiger partial charge is 0.322 e. The molecule has 114 valence electrons. The first-order valence-corrected chi connectivity index (χ1v) is 8.03. The Hall–Kier alpha value is -2.27. The van der Waals surface area contributed by atoms with Crippen LogP contribution in [-0.4, -0.2) is 25.1 Å². The monoisotopic (exact) mass is 314 g/mol. The number of carbonyl (C=O) groups is 2. The van der Waals surface area contributed by atoms with E-state index in [1.807, 2.05) is 18.4 Å². The van der Waals surface area contributed by atoms with E-state index >= 15 is 0 Å². The maximum absolute atomic E-state index is 12.2. The van der Waals surface area contributed by atoms with Crippen LogP contribution >= 0.6 is 11.8 Å². The number of rotatable bonds is 4. The maximum Gasteiger partial charge on any atom is 0.255 e. The number of nitrogens with zero attached hydrogens (tertiary/aromatic N) is 1. The number of thioether (sulfide) groups is 1. The number of amides is 2. The van der Waals surface area contributed by atoms with Crippen LogP contribution in [0.3, 0.4) is 0 Å². The van der Waals surface area contributed by atoms with Gasteiger partial charge in [0.15, 0.2) is 0 Å². The van der Waals surface area contributed by atoms with Crippen molar-refractivity contribution >= 4 is 35.0 Å². The molecule has 5 heteroatoms. The van der Waals surface area contributed by atoms with Crippen LogP contribution in [0.5, 0.6) is 0 Å². The van der Waals surface area contributed by atoms with Gasteiger partial charge in [-0.3, -0.25) is 9.59 Å². The van der Waals surface area contributed by atoms with Crippen molar-refractivity contribution in [1.82, 2.24) is 0 Å². The van der Waals surface area contributed by atoms with E-state index in [9.17, 15) is 9.59 Å². The zero-order valence-electron chi connectivity index (χ0n) is 12.8. The van der Waals surface area contributed by atoms with E-state index in [2.05, 4.69) is 5.32 Å². The third-order valence-corrected chi connectivity index (χ3v) is 4.08. The fourth-order valence-corrected chi connectivity index (χ4v) is 2.30. The SMILES string of the molecule is CSc1ccc(C(=O)Nc2ccc(N(C)C(C)=O)cc2)cc1. The molecule has 1 N–H and O–H groups in total. The number of carbonyl (C=O) groups excluding carboxylic acids is 2. The number of nitrogens with one attached hydrogen (secondary N) is 1. The minimum absolute atomic E-state index is 0.0364. The van der Waals surface area contributed by atoms with E-state index in [4.69, 9.17) is 0 Å². The molecule has 0 aliphatic heterocycles. The molecule has 0 saturated carbocycles. The average Bonchev–Trinajstić information content (AvgIpc) is 2.54. The molecule has 22 heavy (non-hydrogen) atoms. The lowest BCUT2D eigenvalue weighted by atomic mass is 10.2. The fourth-order valence-electron chi connectivity index (χ4n) is 1.90. The molecular formula is C17H18N2O2S. The minimum atomic E-state index is -0.152. The van der Waals surface area contributed by atoms with E-state index in [0.29, 0.717) is 11.3 Å². The van der Waals surface area contributed by atoms with Gasteiger partial charge in [-0.25, -0.2) is 0 Å². The third kappa shape index (κ3) is 3.89. The number of hydrogen-bond donors (Lipinski definition) is 1. The Morgan fingerprint density at radius 2 is 1.59 bits per heavy atom. The molecule has 0 aromatic heterocycles. The molecule has 0 bridgehead atoms. The van der Waals surface area contributed by atoms with Crippen LogP contribution in [0.4, 0.5) is 11.4 Å². The first-order valence-electron chi connectivity index (χ1n) is 6.81. The lowest BCUT2D eigenvalue weighted by molar-refractivity contribution is -0.116. The summed E-state index contributed by atoms with van der Waals surface area (Å²) >= 11 is 1.64. The van der Waals surface area contributed by atoms with E-state index < -0.39 is 0 Å². The van der Waals surface area contributed by atoms with E-state index in [-0.39, 0.29) is 11.8 Å². The van der Waals surface area contributed by atoms with Gasteiger partial charge in [-0.2, -0.15) is 0 Å². The van der Waals surface area contributed by atoms with Gasteiger partial charge in [0.1, 0.15) is 0 Å². The Bertz CT molecular complexity index is 666. The molecule has 0 saturated heterocycles. The number of benzene rings is 2. The summed E-state index contributed by atoms with van der Waals surface area (Å²) in [6.07, 6.45) is 1.99. The Morgan fingerprint density at radius 1 is 1.00 bits per heavy atom. The smallest absolute Gasteiger partial charge is 0.255 e. The average molecular weight is 314 g/mol. The van der Waals surface area contributed by atoms with Gasteiger partial charge in [-0.1, -0.05) is 0 Å². The first-order chi connectivity index (χ1) is 10.5. The highest BCUT2D eigenvalue weighted by Gasteiger charge is 2.08. The molecule has 0 atom stereocenters. The Kier molecular flexibility index (Phi) is 5.22. The van der Waals surface area contributed by atoms with Gasteiger partial charge in [-0.05, 0) is 54.8 Å². The molecule has 0 fully saturated rings. The normalized spacial score (nSPS) is 10.1. The molecule has 2 aromatic carbocycles. The van der Waals surface area contributed by atoms with Gasteiger partial charge in [0.2, 0.25) is 5.91 Å². The molecule has 0 unspecified atom stereocenters. The van der Waals surface area contributed by atoms with Crippen LogP contribution in [0.25, 0.3) is 0 Å². The summed E-state index contributed by atoms with van der Waals surface area (Å²) in [6, 6.07) is 14.6. The van der Waals surface area contributed by atoms with Crippen molar-refractivity contribution in [1.29, 1.82) is 0 Å². The van der Waals surface area contributed by atoms with E-state index in [1.54, 1.807) is 60.1 Å². The summed E-state index contributed by atoms with van der Waals surface area (Å²) in [7, 11) is 1.71. The van der Waals surface area contributed by atoms with Crippen LogP contribution in [0.15, 0.2) is 53.4 Å². The second kappa shape index (κ2) is 7.13. The molecule has 0 radical (unpaired) electrons. The van der Waals surface area contributed by atoms with Crippen molar-refractivity contribution in [2.24, 2.45) is 0 Å². The first kappa shape index (κ1) is 16.1. The molecular weight excluding hydrogens is 296 g/mol. The van der Waals surface area contributed by atoms with Crippen LogP contribution in [-0.2, 0) is 4.79 Å². The summed E-state index contributed by atoms with van der Waals surface area (Å²) in [5, 5.41) is 2.84. The summed E-state index contributed by atoms with van der Waals surface area (Å²) in [6.45, 7) is 1.51. The molecule has 2 amide bonds. The van der Waals surface area contributed by atoms with Crippen molar-refractivity contribution < 1.29 is 9.59 Å². The summed E-state index contributed by atoms with van der Waals surface area (Å²) in [4.78, 5) is 26.1. The summed E-state index contributed by atoms with van der Waals surface area (Å²) in [5.74, 6) is -0.189. The maximum atomic E-state index is 12.2. The highest BCUT2D eigenvalue weighted by atomic mass is 32.2. The predicted octanol–water partition coefficient (Wildman–Crippen LogP) is 3.64. The van der Waals surface area contributed by atoms with Crippen molar-refractivity contribution in [2.45, 2.75) is 11.8 Å². The van der Waals surface area contributed by atoms with Crippen LogP contribution in [0.1, 0.15) is 17.3 Å². The molecule has 2 rings (SSSR count). The van der Waals surface area contributed by atoms with E-state index in [0.717, 1.165) is 10.6 Å². The quantitative estimate of drug-likeness (QED) is 0.877. The van der Waals surface area contributed by atoms with Crippen molar-refractivity contribution in [3.8, 4) is 0 Å². The zero-order chi connectivity index (χ0) is 16.1. The predicted molar refractivity (Wildman–Crippen MR) is 91.7 cm³/mol. The van der Waals surface area contributed by atoms with Crippen molar-refractivity contribution in [3.05, 3.63) is 54.1 Å². The molecule has 4 nitrogen and oxygen atoms in total. The van der Waals surface area contributed by atoms with Gasteiger partial charge in [-0.15, -0.1) is 11.8 Å². The Morgan fingerprint density at radius 3 is 2.09 bits per heavy atom. The standard InChI is InChI=1S/C17H18N2O2S/c1-12(20)19(2)15-8-6-14(7-9-15)18-17(21)13-4-10-16(22-3)11-5-13/h4-11H,1-3H3,(H,18,21). The molecule has 0 heterocycles. The van der Waals surface area contributed by atoms with Crippen LogP contribution in [0, 0.1) is 0 Å². The van der Waals surface area contributed by atoms with Crippen molar-refractivity contribution in [3.63, 3.8) is 0 Å². The lowest BCUT2D eigenvalue weighted by Crippen LogP contribution is -2.22. The number of anilines is 2. The highest BCUT2D eigenvalue weighted by Crippen LogP contribution is 2.19. The Labute approximate surface area is 134 Å². The fraction of sp³-hybridized carbons (Fsp3) is 0.176. The van der Waals surface area contributed by atoms with Gasteiger partial charge in [0, 0.05) is 35.8 Å². The highest BCUT2D eigenvalue weighted by molar-refractivity contribution is 7.98. The van der Waals surface area contributed by atoms with Crippen LogP contribution in [0.2, 0.25) is 0 Å². The summed E-state index contributed by atoms with van der Waals surface area (Å²) in [5.41, 5.74) is 2.09. The van der Waals surface area contributed by atoms with Gasteiger partial charge >= 0.3 is 0 Å². The van der Waals surface area contributed by atoms with Crippen molar-refractivity contribution in [2.75, 3.05) is 23.5 Å². The topological polar surface area (TPSA) is 49.4 Å². The minimum Gasteiger partial charge on any atom is -0.322 e. The summed E-state index contributed by atoms with van der Waals surface area (Å²) < 4.78 is 0. The second-order valence-electron chi connectivity index (χ2n) is 4.81. The Balaban J connectivity index is 2.06. The third-order valence-electron chi connectivity index (χ3n) is 3.34. The molecule has 0 spiro atoms. The number of hydrogen-bond acceptors (Lipinski definition) is 3. The zero-order valence-corrected chi connectivity index (χ0v) is 13.6.